The zero-order valence-corrected chi connectivity index (χ0v) is 18.0. The number of carbonyl (C=O) groups is 1. The number of anilines is 1. The number of nitrogens with one attached hydrogen (secondary N) is 1. The summed E-state index contributed by atoms with van der Waals surface area (Å²) in [6.45, 7) is 1.84. The minimum atomic E-state index is -3.80. The molecule has 0 radical (unpaired) electrons. The molecule has 1 aliphatic rings. The van der Waals surface area contributed by atoms with Gasteiger partial charge in [0.05, 0.1) is 16.8 Å². The number of ether oxygens (including phenoxy) is 1. The standard InChI is InChI=1S/C22H18ClN3O4S/c1-15-11-16(9-10-24-15)22(27)19-12-17(23)7-8-20(19)26-13-21(30-14-26)25-31(28,29)18-5-3-2-4-6-18/h2-13,25H,14H2,1H3. The number of rotatable bonds is 6. The Hall–Kier alpha value is -3.36. The van der Waals surface area contributed by atoms with Crippen molar-refractivity contribution in [3.8, 4) is 0 Å². The van der Waals surface area contributed by atoms with Crippen LogP contribution in [0.1, 0.15) is 21.6 Å². The summed E-state index contributed by atoms with van der Waals surface area (Å²) in [4.78, 5) is 19.0. The van der Waals surface area contributed by atoms with Gasteiger partial charge in [-0.05, 0) is 49.4 Å². The molecule has 0 unspecified atom stereocenters. The van der Waals surface area contributed by atoms with Gasteiger partial charge in [0.1, 0.15) is 0 Å². The lowest BCUT2D eigenvalue weighted by molar-refractivity contribution is 0.103. The van der Waals surface area contributed by atoms with Gasteiger partial charge in [0, 0.05) is 28.0 Å². The lowest BCUT2D eigenvalue weighted by atomic mass is 10.0. The summed E-state index contributed by atoms with van der Waals surface area (Å²) in [7, 11) is -3.80. The third kappa shape index (κ3) is 4.55. The van der Waals surface area contributed by atoms with Crippen molar-refractivity contribution in [3.63, 3.8) is 0 Å². The van der Waals surface area contributed by atoms with Gasteiger partial charge in [0.15, 0.2) is 12.5 Å². The van der Waals surface area contributed by atoms with Crippen LogP contribution >= 0.6 is 11.6 Å². The first-order chi connectivity index (χ1) is 14.8. The minimum absolute atomic E-state index is 0.0317. The normalized spacial score (nSPS) is 13.5. The predicted molar refractivity (Wildman–Crippen MR) is 117 cm³/mol. The number of aromatic nitrogens is 1. The number of nitrogens with zero attached hydrogens (tertiary/aromatic N) is 2. The molecule has 158 valence electrons. The summed E-state index contributed by atoms with van der Waals surface area (Å²) in [5.74, 6) is -0.174. The van der Waals surface area contributed by atoms with Crippen molar-refractivity contribution in [2.45, 2.75) is 11.8 Å². The van der Waals surface area contributed by atoms with Crippen LogP contribution in [-0.4, -0.2) is 25.9 Å². The maximum Gasteiger partial charge on any atom is 0.264 e. The van der Waals surface area contributed by atoms with E-state index in [2.05, 4.69) is 9.71 Å². The largest absolute Gasteiger partial charge is 0.456 e. The molecule has 0 saturated carbocycles. The third-order valence-corrected chi connectivity index (χ3v) is 6.19. The zero-order chi connectivity index (χ0) is 22.0. The molecule has 0 bridgehead atoms. The molecule has 1 N–H and O–H groups in total. The molecule has 0 atom stereocenters. The Kier molecular flexibility index (Phi) is 5.67. The van der Waals surface area contributed by atoms with Crippen LogP contribution in [0.4, 0.5) is 5.69 Å². The Morgan fingerprint density at radius 3 is 2.65 bits per heavy atom. The smallest absolute Gasteiger partial charge is 0.264 e. The topological polar surface area (TPSA) is 88.6 Å². The Bertz CT molecular complexity index is 1280. The van der Waals surface area contributed by atoms with Gasteiger partial charge in [-0.15, -0.1) is 0 Å². The summed E-state index contributed by atoms with van der Waals surface area (Å²) < 4.78 is 33.0. The lowest BCUT2D eigenvalue weighted by Gasteiger charge is -2.17. The van der Waals surface area contributed by atoms with E-state index in [1.807, 2.05) is 0 Å². The molecular formula is C22H18ClN3O4S. The summed E-state index contributed by atoms with van der Waals surface area (Å²) in [5.41, 5.74) is 2.10. The number of hydrogen-bond donors (Lipinski definition) is 1. The molecule has 31 heavy (non-hydrogen) atoms. The highest BCUT2D eigenvalue weighted by molar-refractivity contribution is 7.89. The molecule has 2 aromatic carbocycles. The van der Waals surface area contributed by atoms with Crippen molar-refractivity contribution in [1.82, 2.24) is 9.71 Å². The van der Waals surface area contributed by atoms with Crippen LogP contribution in [0.2, 0.25) is 5.02 Å². The fraction of sp³-hybridized carbons (Fsp3) is 0.0909. The molecule has 7 nitrogen and oxygen atoms in total. The second-order valence-electron chi connectivity index (χ2n) is 6.83. The number of carbonyl (C=O) groups excluding carboxylic acids is 1. The van der Waals surface area contributed by atoms with Crippen LogP contribution in [0.3, 0.4) is 0 Å². The Balaban J connectivity index is 1.64. The molecule has 0 saturated heterocycles. The SMILES string of the molecule is Cc1cc(C(=O)c2cc(Cl)ccc2N2C=C(NS(=O)(=O)c3ccccc3)OC2)ccn1. The molecular weight excluding hydrogens is 438 g/mol. The molecule has 1 aromatic heterocycles. The zero-order valence-electron chi connectivity index (χ0n) is 16.4. The lowest BCUT2D eigenvalue weighted by Crippen LogP contribution is -2.23. The predicted octanol–water partition coefficient (Wildman–Crippen LogP) is 3.85. The number of aryl methyl sites for hydroxylation is 1. The highest BCUT2D eigenvalue weighted by atomic mass is 35.5. The maximum atomic E-state index is 13.1. The molecule has 0 amide bonds. The van der Waals surface area contributed by atoms with Crippen LogP contribution in [0.15, 0.2) is 83.8 Å². The number of sulfonamides is 1. The number of hydrogen-bond acceptors (Lipinski definition) is 6. The van der Waals surface area contributed by atoms with Gasteiger partial charge >= 0.3 is 0 Å². The van der Waals surface area contributed by atoms with Crippen molar-refractivity contribution < 1.29 is 17.9 Å². The summed E-state index contributed by atoms with van der Waals surface area (Å²) in [5, 5.41) is 0.409. The van der Waals surface area contributed by atoms with Crippen LogP contribution < -0.4 is 9.62 Å². The number of halogens is 1. The van der Waals surface area contributed by atoms with Gasteiger partial charge in [-0.3, -0.25) is 9.78 Å². The molecule has 1 aliphatic heterocycles. The van der Waals surface area contributed by atoms with Crippen LogP contribution in [0.5, 0.6) is 0 Å². The van der Waals surface area contributed by atoms with Gasteiger partial charge in [0.25, 0.3) is 10.0 Å². The summed E-state index contributed by atoms with van der Waals surface area (Å²) >= 11 is 6.15. The Morgan fingerprint density at radius 1 is 1.13 bits per heavy atom. The van der Waals surface area contributed by atoms with E-state index in [9.17, 15) is 13.2 Å². The van der Waals surface area contributed by atoms with E-state index in [1.165, 1.54) is 18.3 Å². The number of benzene rings is 2. The van der Waals surface area contributed by atoms with Crippen molar-refractivity contribution in [2.24, 2.45) is 0 Å². The van der Waals surface area contributed by atoms with Crippen LogP contribution in [0.25, 0.3) is 0 Å². The molecule has 3 aromatic rings. The monoisotopic (exact) mass is 455 g/mol. The maximum absolute atomic E-state index is 13.1. The van der Waals surface area contributed by atoms with Gasteiger partial charge < -0.3 is 9.64 Å². The van der Waals surface area contributed by atoms with Crippen molar-refractivity contribution in [2.75, 3.05) is 11.6 Å². The molecule has 0 spiro atoms. The van der Waals surface area contributed by atoms with E-state index in [-0.39, 0.29) is 23.3 Å². The van der Waals surface area contributed by atoms with Crippen molar-refractivity contribution >= 4 is 33.1 Å². The van der Waals surface area contributed by atoms with Crippen molar-refractivity contribution in [1.29, 1.82) is 0 Å². The Labute approximate surface area is 185 Å². The first-order valence-electron chi connectivity index (χ1n) is 9.29. The average Bonchev–Trinajstić information content (AvgIpc) is 3.21. The minimum Gasteiger partial charge on any atom is -0.456 e. The highest BCUT2D eigenvalue weighted by Gasteiger charge is 2.25. The second-order valence-corrected chi connectivity index (χ2v) is 8.95. The number of pyridine rings is 1. The van der Waals surface area contributed by atoms with E-state index in [0.29, 0.717) is 21.8 Å². The van der Waals surface area contributed by atoms with Gasteiger partial charge in [-0.1, -0.05) is 29.8 Å². The fourth-order valence-electron chi connectivity index (χ4n) is 3.12. The van der Waals surface area contributed by atoms with Gasteiger partial charge in [-0.25, -0.2) is 13.1 Å². The highest BCUT2D eigenvalue weighted by Crippen LogP contribution is 2.30. The average molecular weight is 456 g/mol. The third-order valence-electron chi connectivity index (χ3n) is 4.59. The first-order valence-corrected chi connectivity index (χ1v) is 11.2. The van der Waals surface area contributed by atoms with E-state index in [0.717, 1.165) is 5.69 Å². The molecule has 4 rings (SSSR count). The first kappa shape index (κ1) is 20.9. The van der Waals surface area contributed by atoms with E-state index in [4.69, 9.17) is 16.3 Å². The molecule has 0 fully saturated rings. The van der Waals surface area contributed by atoms with E-state index >= 15 is 0 Å². The van der Waals surface area contributed by atoms with Crippen LogP contribution in [0, 0.1) is 6.92 Å². The summed E-state index contributed by atoms with van der Waals surface area (Å²) in [6.07, 6.45) is 3.07. The summed E-state index contributed by atoms with van der Waals surface area (Å²) in [6, 6.07) is 16.2. The fourth-order valence-corrected chi connectivity index (χ4v) is 4.31. The quantitative estimate of drug-likeness (QED) is 0.568. The molecule has 2 heterocycles. The molecule has 0 aliphatic carbocycles. The van der Waals surface area contributed by atoms with Gasteiger partial charge in [0.2, 0.25) is 5.88 Å². The van der Waals surface area contributed by atoms with Gasteiger partial charge in [-0.2, -0.15) is 0 Å². The van der Waals surface area contributed by atoms with E-state index < -0.39 is 10.0 Å². The van der Waals surface area contributed by atoms with E-state index in [1.54, 1.807) is 66.6 Å². The van der Waals surface area contributed by atoms with Crippen molar-refractivity contribution in [3.05, 3.63) is 101 Å². The number of ketones is 1. The second kappa shape index (κ2) is 8.41. The Morgan fingerprint density at radius 2 is 1.90 bits per heavy atom. The molecule has 9 heteroatoms. The van der Waals surface area contributed by atoms with Crippen LogP contribution in [-0.2, 0) is 14.8 Å².